The van der Waals surface area contributed by atoms with Gasteiger partial charge in [-0.25, -0.2) is 0 Å². The Labute approximate surface area is 157 Å². The molecule has 0 fully saturated rings. The molecule has 0 radical (unpaired) electrons. The zero-order chi connectivity index (χ0) is 19.1. The number of ether oxygens (including phenoxy) is 1. The minimum absolute atomic E-state index is 0.210. The second-order valence-electron chi connectivity index (χ2n) is 5.88. The number of furan rings is 1. The highest BCUT2D eigenvalue weighted by molar-refractivity contribution is 6.03. The molecule has 3 aromatic rings. The van der Waals surface area contributed by atoms with Gasteiger partial charge in [-0.1, -0.05) is 24.3 Å². The minimum Gasteiger partial charge on any atom is -0.492 e. The van der Waals surface area contributed by atoms with Crippen LogP contribution < -0.4 is 15.4 Å². The maximum Gasteiger partial charge on any atom is 0.291 e. The summed E-state index contributed by atoms with van der Waals surface area (Å²) in [5, 5.41) is 5.56. The Hall–Kier alpha value is -3.54. The number of carbonyl (C=O) groups is 2. The van der Waals surface area contributed by atoms with Gasteiger partial charge in [-0.05, 0) is 48.9 Å². The van der Waals surface area contributed by atoms with Crippen LogP contribution in [0.3, 0.4) is 0 Å². The molecule has 0 spiro atoms. The van der Waals surface area contributed by atoms with Gasteiger partial charge in [0.15, 0.2) is 5.76 Å². The van der Waals surface area contributed by atoms with Crippen LogP contribution in [0, 0.1) is 6.92 Å². The summed E-state index contributed by atoms with van der Waals surface area (Å²) in [4.78, 5) is 24.5. The summed E-state index contributed by atoms with van der Waals surface area (Å²) in [6.07, 6.45) is 1.43. The van der Waals surface area contributed by atoms with Crippen molar-refractivity contribution < 1.29 is 18.7 Å². The largest absolute Gasteiger partial charge is 0.492 e. The van der Waals surface area contributed by atoms with Gasteiger partial charge >= 0.3 is 0 Å². The topological polar surface area (TPSA) is 80.6 Å². The average molecular weight is 364 g/mol. The highest BCUT2D eigenvalue weighted by Crippen LogP contribution is 2.18. The van der Waals surface area contributed by atoms with Crippen LogP contribution in [0.15, 0.2) is 71.3 Å². The van der Waals surface area contributed by atoms with E-state index in [1.54, 1.807) is 30.3 Å². The molecular weight excluding hydrogens is 344 g/mol. The van der Waals surface area contributed by atoms with Crippen molar-refractivity contribution in [3.05, 3.63) is 83.8 Å². The van der Waals surface area contributed by atoms with Crippen LogP contribution in [-0.4, -0.2) is 25.0 Å². The molecule has 0 bridgehead atoms. The highest BCUT2D eigenvalue weighted by atomic mass is 16.5. The molecule has 2 N–H and O–H groups in total. The number of benzene rings is 2. The van der Waals surface area contributed by atoms with Gasteiger partial charge in [0.25, 0.3) is 11.8 Å². The predicted octanol–water partition coefficient (Wildman–Crippen LogP) is 3.65. The summed E-state index contributed by atoms with van der Waals surface area (Å²) >= 11 is 0. The SMILES string of the molecule is Cc1ccc(C(=O)NCCOc2ccccc2)cc1NC(=O)c1ccco1. The van der Waals surface area contributed by atoms with Gasteiger partial charge in [0.2, 0.25) is 0 Å². The molecule has 0 aliphatic carbocycles. The van der Waals surface area contributed by atoms with E-state index in [1.165, 1.54) is 6.26 Å². The fourth-order valence-electron chi connectivity index (χ4n) is 2.44. The summed E-state index contributed by atoms with van der Waals surface area (Å²) in [5.74, 6) is 0.365. The molecule has 0 unspecified atom stereocenters. The van der Waals surface area contributed by atoms with Crippen LogP contribution in [0.2, 0.25) is 0 Å². The Morgan fingerprint density at radius 2 is 1.81 bits per heavy atom. The van der Waals surface area contributed by atoms with E-state index in [0.717, 1.165) is 11.3 Å². The molecule has 27 heavy (non-hydrogen) atoms. The van der Waals surface area contributed by atoms with Gasteiger partial charge in [0.05, 0.1) is 12.8 Å². The zero-order valence-corrected chi connectivity index (χ0v) is 14.9. The van der Waals surface area contributed by atoms with Gasteiger partial charge in [-0.15, -0.1) is 0 Å². The molecule has 0 atom stereocenters. The van der Waals surface area contributed by atoms with E-state index in [9.17, 15) is 9.59 Å². The van der Waals surface area contributed by atoms with Crippen LogP contribution in [0.25, 0.3) is 0 Å². The van der Waals surface area contributed by atoms with Crippen LogP contribution >= 0.6 is 0 Å². The summed E-state index contributed by atoms with van der Waals surface area (Å²) in [7, 11) is 0. The van der Waals surface area contributed by atoms with E-state index < -0.39 is 0 Å². The Bertz CT molecular complexity index is 905. The predicted molar refractivity (Wildman–Crippen MR) is 102 cm³/mol. The summed E-state index contributed by atoms with van der Waals surface area (Å²) in [6.45, 7) is 2.59. The first-order valence-corrected chi connectivity index (χ1v) is 8.55. The molecule has 6 nitrogen and oxygen atoms in total. The lowest BCUT2D eigenvalue weighted by Gasteiger charge is -2.11. The lowest BCUT2D eigenvalue weighted by molar-refractivity contribution is 0.0945. The van der Waals surface area contributed by atoms with Gasteiger partial charge in [0.1, 0.15) is 12.4 Å². The van der Waals surface area contributed by atoms with Crippen molar-refractivity contribution in [2.75, 3.05) is 18.5 Å². The number of anilines is 1. The Morgan fingerprint density at radius 3 is 2.56 bits per heavy atom. The summed E-state index contributed by atoms with van der Waals surface area (Å²) in [5.41, 5.74) is 1.86. The third kappa shape index (κ3) is 4.98. The van der Waals surface area contributed by atoms with Gasteiger partial charge in [0, 0.05) is 11.3 Å². The quantitative estimate of drug-likeness (QED) is 0.627. The van der Waals surface area contributed by atoms with Crippen molar-refractivity contribution in [2.45, 2.75) is 6.92 Å². The van der Waals surface area contributed by atoms with Crippen molar-refractivity contribution in [1.82, 2.24) is 5.32 Å². The first-order chi connectivity index (χ1) is 13.1. The number of carbonyl (C=O) groups excluding carboxylic acids is 2. The van der Waals surface area contributed by atoms with Crippen LogP contribution in [-0.2, 0) is 0 Å². The number of amides is 2. The van der Waals surface area contributed by atoms with Gasteiger partial charge in [-0.2, -0.15) is 0 Å². The molecule has 3 rings (SSSR count). The van der Waals surface area contributed by atoms with E-state index in [4.69, 9.17) is 9.15 Å². The third-order valence-corrected chi connectivity index (χ3v) is 3.89. The lowest BCUT2D eigenvalue weighted by Crippen LogP contribution is -2.28. The first-order valence-electron chi connectivity index (χ1n) is 8.55. The zero-order valence-electron chi connectivity index (χ0n) is 14.9. The fourth-order valence-corrected chi connectivity index (χ4v) is 2.44. The summed E-state index contributed by atoms with van der Waals surface area (Å²) in [6, 6.07) is 17.8. The smallest absolute Gasteiger partial charge is 0.291 e. The third-order valence-electron chi connectivity index (χ3n) is 3.89. The van der Waals surface area contributed by atoms with Crippen molar-refractivity contribution in [3.8, 4) is 5.75 Å². The van der Waals surface area contributed by atoms with Gasteiger partial charge < -0.3 is 19.8 Å². The van der Waals surface area contributed by atoms with Crippen LogP contribution in [0.1, 0.15) is 26.5 Å². The van der Waals surface area contributed by atoms with E-state index >= 15 is 0 Å². The van der Waals surface area contributed by atoms with Crippen molar-refractivity contribution >= 4 is 17.5 Å². The van der Waals surface area contributed by atoms with Gasteiger partial charge in [-0.3, -0.25) is 9.59 Å². The van der Waals surface area contributed by atoms with E-state index in [2.05, 4.69) is 10.6 Å². The summed E-state index contributed by atoms with van der Waals surface area (Å²) < 4.78 is 10.6. The molecule has 2 aromatic carbocycles. The standard InChI is InChI=1S/C21H20N2O4/c1-15-9-10-16(14-18(15)23-21(25)19-8-5-12-27-19)20(24)22-11-13-26-17-6-3-2-4-7-17/h2-10,12,14H,11,13H2,1H3,(H,22,24)(H,23,25). The number of nitrogens with one attached hydrogen (secondary N) is 2. The van der Waals surface area contributed by atoms with Crippen LogP contribution in [0.4, 0.5) is 5.69 Å². The van der Waals surface area contributed by atoms with E-state index in [-0.39, 0.29) is 17.6 Å². The molecule has 6 heteroatoms. The molecule has 138 valence electrons. The number of hydrogen-bond acceptors (Lipinski definition) is 4. The number of para-hydroxylation sites is 1. The normalized spacial score (nSPS) is 10.3. The second-order valence-corrected chi connectivity index (χ2v) is 5.88. The Kier molecular flexibility index (Phi) is 5.89. The second kappa shape index (κ2) is 8.71. The monoisotopic (exact) mass is 364 g/mol. The Balaban J connectivity index is 1.56. The van der Waals surface area contributed by atoms with Crippen molar-refractivity contribution in [1.29, 1.82) is 0 Å². The maximum atomic E-state index is 12.3. The average Bonchev–Trinajstić information content (AvgIpc) is 3.22. The highest BCUT2D eigenvalue weighted by Gasteiger charge is 2.13. The minimum atomic E-state index is -0.364. The number of rotatable bonds is 7. The van der Waals surface area contributed by atoms with Crippen LogP contribution in [0.5, 0.6) is 5.75 Å². The van der Waals surface area contributed by atoms with E-state index in [0.29, 0.717) is 24.4 Å². The maximum absolute atomic E-state index is 12.3. The lowest BCUT2D eigenvalue weighted by atomic mass is 10.1. The molecule has 0 aliphatic heterocycles. The fraction of sp³-hybridized carbons (Fsp3) is 0.143. The molecule has 1 heterocycles. The number of hydrogen-bond donors (Lipinski definition) is 2. The number of aryl methyl sites for hydroxylation is 1. The van der Waals surface area contributed by atoms with Crippen molar-refractivity contribution in [2.24, 2.45) is 0 Å². The Morgan fingerprint density at radius 1 is 1.00 bits per heavy atom. The molecule has 0 saturated carbocycles. The van der Waals surface area contributed by atoms with E-state index in [1.807, 2.05) is 37.3 Å². The molecular formula is C21H20N2O4. The molecule has 0 aliphatic rings. The molecule has 1 aromatic heterocycles. The molecule has 0 saturated heterocycles. The molecule has 2 amide bonds. The first kappa shape index (κ1) is 18.3. The van der Waals surface area contributed by atoms with Crippen molar-refractivity contribution in [3.63, 3.8) is 0 Å².